The molecule has 4 nitrogen and oxygen atoms in total. The number of benzene rings is 1. The lowest BCUT2D eigenvalue weighted by molar-refractivity contribution is 0.0684. The summed E-state index contributed by atoms with van der Waals surface area (Å²) in [4.78, 5) is 0. The fourth-order valence-electron chi connectivity index (χ4n) is 2.74. The molecule has 3 atom stereocenters. The van der Waals surface area contributed by atoms with Crippen molar-refractivity contribution in [3.05, 3.63) is 23.8 Å². The summed E-state index contributed by atoms with van der Waals surface area (Å²) in [6, 6.07) is 4.65. The van der Waals surface area contributed by atoms with Gasteiger partial charge in [-0.05, 0) is 43.4 Å². The Kier molecular flexibility index (Phi) is 4.66. The van der Waals surface area contributed by atoms with Gasteiger partial charge < -0.3 is 20.6 Å². The van der Waals surface area contributed by atoms with Gasteiger partial charge in [0.2, 0.25) is 0 Å². The first kappa shape index (κ1) is 14.2. The SMILES string of the molecule is CC(NCC1CCCCC1O)c1cc(O)cc(O)c1. The first-order valence-electron chi connectivity index (χ1n) is 7.00. The fourth-order valence-corrected chi connectivity index (χ4v) is 2.74. The number of rotatable bonds is 4. The normalized spacial score (nSPS) is 25.2. The second kappa shape index (κ2) is 6.26. The smallest absolute Gasteiger partial charge is 0.119 e. The molecule has 1 aliphatic rings. The Hall–Kier alpha value is -1.26. The standard InChI is InChI=1S/C15H23NO3/c1-10(12-6-13(17)8-14(18)7-12)16-9-11-4-2-3-5-15(11)19/h6-8,10-11,15-19H,2-5,9H2,1H3. The highest BCUT2D eigenvalue weighted by Gasteiger charge is 2.23. The summed E-state index contributed by atoms with van der Waals surface area (Å²) in [7, 11) is 0. The minimum atomic E-state index is -0.203. The van der Waals surface area contributed by atoms with E-state index in [0.29, 0.717) is 5.92 Å². The molecule has 0 amide bonds. The van der Waals surface area contributed by atoms with Crippen LogP contribution in [0.4, 0.5) is 0 Å². The lowest BCUT2D eigenvalue weighted by atomic mass is 9.86. The molecule has 0 aromatic heterocycles. The van der Waals surface area contributed by atoms with E-state index in [2.05, 4.69) is 5.32 Å². The molecule has 4 heteroatoms. The second-order valence-electron chi connectivity index (χ2n) is 5.52. The lowest BCUT2D eigenvalue weighted by Crippen LogP contribution is -2.34. The Bertz CT molecular complexity index is 402. The van der Waals surface area contributed by atoms with Gasteiger partial charge >= 0.3 is 0 Å². The monoisotopic (exact) mass is 265 g/mol. The van der Waals surface area contributed by atoms with Gasteiger partial charge in [-0.15, -0.1) is 0 Å². The molecule has 0 bridgehead atoms. The van der Waals surface area contributed by atoms with Crippen LogP contribution in [0.3, 0.4) is 0 Å². The van der Waals surface area contributed by atoms with E-state index in [1.165, 1.54) is 12.5 Å². The third kappa shape index (κ3) is 3.85. The number of hydrogen-bond acceptors (Lipinski definition) is 4. The number of aliphatic hydroxyl groups excluding tert-OH is 1. The topological polar surface area (TPSA) is 72.7 Å². The summed E-state index contributed by atoms with van der Waals surface area (Å²) in [5.74, 6) is 0.449. The van der Waals surface area contributed by atoms with Gasteiger partial charge in [-0.25, -0.2) is 0 Å². The van der Waals surface area contributed by atoms with Gasteiger partial charge in [0, 0.05) is 18.7 Å². The van der Waals surface area contributed by atoms with Crippen LogP contribution in [0.15, 0.2) is 18.2 Å². The van der Waals surface area contributed by atoms with Gasteiger partial charge in [0.15, 0.2) is 0 Å². The van der Waals surface area contributed by atoms with E-state index in [-0.39, 0.29) is 23.6 Å². The van der Waals surface area contributed by atoms with E-state index in [1.54, 1.807) is 12.1 Å². The molecule has 2 rings (SSSR count). The van der Waals surface area contributed by atoms with E-state index in [1.807, 2.05) is 6.92 Å². The fraction of sp³-hybridized carbons (Fsp3) is 0.600. The zero-order valence-corrected chi connectivity index (χ0v) is 11.3. The van der Waals surface area contributed by atoms with Crippen molar-refractivity contribution in [3.8, 4) is 11.5 Å². The first-order valence-corrected chi connectivity index (χ1v) is 7.00. The number of hydrogen-bond donors (Lipinski definition) is 4. The highest BCUT2D eigenvalue weighted by Crippen LogP contribution is 2.27. The van der Waals surface area contributed by atoms with Crippen molar-refractivity contribution in [2.24, 2.45) is 5.92 Å². The van der Waals surface area contributed by atoms with Crippen LogP contribution in [0.25, 0.3) is 0 Å². The molecule has 0 saturated heterocycles. The van der Waals surface area contributed by atoms with Crippen LogP contribution in [0.5, 0.6) is 11.5 Å². The van der Waals surface area contributed by atoms with Gasteiger partial charge in [-0.3, -0.25) is 0 Å². The minimum Gasteiger partial charge on any atom is -0.508 e. The molecule has 106 valence electrons. The Morgan fingerprint density at radius 3 is 2.42 bits per heavy atom. The van der Waals surface area contributed by atoms with Gasteiger partial charge in [-0.1, -0.05) is 12.8 Å². The molecule has 1 saturated carbocycles. The third-order valence-corrected chi connectivity index (χ3v) is 3.98. The predicted octanol–water partition coefficient (Wildman–Crippen LogP) is 2.30. The van der Waals surface area contributed by atoms with Crippen molar-refractivity contribution in [1.29, 1.82) is 0 Å². The van der Waals surface area contributed by atoms with E-state index >= 15 is 0 Å². The van der Waals surface area contributed by atoms with E-state index in [4.69, 9.17) is 0 Å². The molecule has 19 heavy (non-hydrogen) atoms. The van der Waals surface area contributed by atoms with Crippen molar-refractivity contribution in [3.63, 3.8) is 0 Å². The summed E-state index contributed by atoms with van der Waals surface area (Å²) in [5.41, 5.74) is 0.850. The Labute approximate surface area is 114 Å². The predicted molar refractivity (Wildman–Crippen MR) is 74.2 cm³/mol. The molecule has 1 aromatic rings. The quantitative estimate of drug-likeness (QED) is 0.674. The molecule has 1 aromatic carbocycles. The zero-order chi connectivity index (χ0) is 13.8. The Morgan fingerprint density at radius 1 is 1.16 bits per heavy atom. The number of phenols is 2. The molecule has 0 radical (unpaired) electrons. The Morgan fingerprint density at radius 2 is 1.79 bits per heavy atom. The van der Waals surface area contributed by atoms with Crippen LogP contribution in [0.2, 0.25) is 0 Å². The van der Waals surface area contributed by atoms with Crippen molar-refractivity contribution < 1.29 is 15.3 Å². The molecule has 4 N–H and O–H groups in total. The summed E-state index contributed by atoms with van der Waals surface area (Å²) < 4.78 is 0. The molecule has 1 fully saturated rings. The maximum atomic E-state index is 9.92. The number of nitrogens with one attached hydrogen (secondary N) is 1. The summed E-state index contributed by atoms with van der Waals surface area (Å²) in [6.45, 7) is 2.75. The molecule has 0 heterocycles. The molecular weight excluding hydrogens is 242 g/mol. The van der Waals surface area contributed by atoms with Crippen LogP contribution >= 0.6 is 0 Å². The van der Waals surface area contributed by atoms with Crippen LogP contribution in [-0.4, -0.2) is 28.0 Å². The van der Waals surface area contributed by atoms with Crippen molar-refractivity contribution in [1.82, 2.24) is 5.32 Å². The van der Waals surface area contributed by atoms with Crippen molar-refractivity contribution in [2.45, 2.75) is 44.8 Å². The van der Waals surface area contributed by atoms with E-state index in [0.717, 1.165) is 31.4 Å². The summed E-state index contributed by atoms with van der Waals surface area (Å²) in [5, 5.41) is 32.2. The summed E-state index contributed by atoms with van der Waals surface area (Å²) in [6.07, 6.45) is 4.06. The molecule has 1 aliphatic carbocycles. The maximum absolute atomic E-state index is 9.92. The zero-order valence-electron chi connectivity index (χ0n) is 11.3. The van der Waals surface area contributed by atoms with Crippen LogP contribution in [-0.2, 0) is 0 Å². The average molecular weight is 265 g/mol. The number of aliphatic hydroxyl groups is 1. The van der Waals surface area contributed by atoms with Crippen LogP contribution in [0.1, 0.15) is 44.2 Å². The van der Waals surface area contributed by atoms with Crippen LogP contribution < -0.4 is 5.32 Å². The average Bonchev–Trinajstić information content (AvgIpc) is 2.36. The van der Waals surface area contributed by atoms with E-state index in [9.17, 15) is 15.3 Å². The number of phenolic OH excluding ortho intramolecular Hbond substituents is 2. The van der Waals surface area contributed by atoms with Gasteiger partial charge in [-0.2, -0.15) is 0 Å². The van der Waals surface area contributed by atoms with Gasteiger partial charge in [0.05, 0.1) is 6.10 Å². The number of aromatic hydroxyl groups is 2. The Balaban J connectivity index is 1.91. The van der Waals surface area contributed by atoms with Crippen LogP contribution in [0, 0.1) is 5.92 Å². The first-order chi connectivity index (χ1) is 9.06. The highest BCUT2D eigenvalue weighted by atomic mass is 16.3. The molecule has 3 unspecified atom stereocenters. The maximum Gasteiger partial charge on any atom is 0.119 e. The van der Waals surface area contributed by atoms with Crippen molar-refractivity contribution >= 4 is 0 Å². The second-order valence-corrected chi connectivity index (χ2v) is 5.52. The van der Waals surface area contributed by atoms with Gasteiger partial charge in [0.25, 0.3) is 0 Å². The highest BCUT2D eigenvalue weighted by molar-refractivity contribution is 5.37. The molecule has 0 spiro atoms. The van der Waals surface area contributed by atoms with Gasteiger partial charge in [0.1, 0.15) is 11.5 Å². The van der Waals surface area contributed by atoms with Crippen molar-refractivity contribution in [2.75, 3.05) is 6.54 Å². The molecule has 0 aliphatic heterocycles. The lowest BCUT2D eigenvalue weighted by Gasteiger charge is -2.29. The minimum absolute atomic E-state index is 0.0344. The largest absolute Gasteiger partial charge is 0.508 e. The molecular formula is C15H23NO3. The summed E-state index contributed by atoms with van der Waals surface area (Å²) >= 11 is 0. The third-order valence-electron chi connectivity index (χ3n) is 3.98. The van der Waals surface area contributed by atoms with E-state index < -0.39 is 0 Å².